The molecule has 0 aliphatic heterocycles. The molecule has 0 saturated carbocycles. The average Bonchev–Trinajstić information content (AvgIpc) is 3.58. The smallest absolute Gasteiger partial charge is 0.326 e. The fourth-order valence-corrected chi connectivity index (χ4v) is 3.55. The number of guanidine groups is 1. The Morgan fingerprint density at radius 2 is 1.40 bits per heavy atom. The van der Waals surface area contributed by atoms with E-state index in [1.54, 1.807) is 0 Å². The van der Waals surface area contributed by atoms with Crippen molar-refractivity contribution < 1.29 is 29.1 Å². The highest BCUT2D eigenvalue weighted by Crippen LogP contribution is 2.06. The van der Waals surface area contributed by atoms with E-state index < -0.39 is 60.2 Å². The summed E-state index contributed by atoms with van der Waals surface area (Å²) in [7, 11) is 0. The quantitative estimate of drug-likeness (QED) is 0.0499. The van der Waals surface area contributed by atoms with E-state index in [0.717, 1.165) is 0 Å². The Hall–Kier alpha value is -5.00. The van der Waals surface area contributed by atoms with Gasteiger partial charge in [0.1, 0.15) is 18.1 Å². The summed E-state index contributed by atoms with van der Waals surface area (Å²) >= 11 is 0. The summed E-state index contributed by atoms with van der Waals surface area (Å²) in [5.41, 5.74) is 22.8. The molecular weight excluding hydrogens is 528 g/mol. The summed E-state index contributed by atoms with van der Waals surface area (Å²) in [4.78, 5) is 79.2. The molecule has 2 aromatic rings. The van der Waals surface area contributed by atoms with Gasteiger partial charge in [-0.1, -0.05) is 0 Å². The molecule has 0 radical (unpaired) electrons. The number of aromatic amines is 2. The molecule has 0 aliphatic carbocycles. The lowest BCUT2D eigenvalue weighted by Gasteiger charge is -2.25. The Balaban J connectivity index is 2.20. The van der Waals surface area contributed by atoms with E-state index in [4.69, 9.17) is 22.9 Å². The first-order chi connectivity index (χ1) is 19.0. The lowest BCUT2D eigenvalue weighted by molar-refractivity contribution is -0.143. The second-order valence-electron chi connectivity index (χ2n) is 8.81. The molecule has 0 bridgehead atoms. The van der Waals surface area contributed by atoms with Crippen molar-refractivity contribution in [1.29, 1.82) is 0 Å². The monoisotopic (exact) mass is 562 g/mol. The second-order valence-corrected chi connectivity index (χ2v) is 8.81. The molecule has 218 valence electrons. The minimum absolute atomic E-state index is 0.0126. The molecule has 14 N–H and O–H groups in total. The summed E-state index contributed by atoms with van der Waals surface area (Å²) in [5.74, 6) is -4.92. The highest BCUT2D eigenvalue weighted by Gasteiger charge is 2.31. The highest BCUT2D eigenvalue weighted by atomic mass is 16.4. The number of aliphatic carboxylic acids is 1. The van der Waals surface area contributed by atoms with Gasteiger partial charge in [-0.15, -0.1) is 0 Å². The predicted octanol–water partition coefficient (Wildman–Crippen LogP) is -4.29. The molecule has 18 heteroatoms. The number of imidazole rings is 2. The summed E-state index contributed by atoms with van der Waals surface area (Å²) < 4.78 is 0. The van der Waals surface area contributed by atoms with E-state index in [1.165, 1.54) is 25.0 Å². The van der Waals surface area contributed by atoms with Crippen LogP contribution in [0.1, 0.15) is 30.7 Å². The van der Waals surface area contributed by atoms with Gasteiger partial charge in [-0.25, -0.2) is 14.8 Å². The summed E-state index contributed by atoms with van der Waals surface area (Å²) in [6, 6.07) is -5.13. The van der Waals surface area contributed by atoms with E-state index in [-0.39, 0.29) is 38.2 Å². The molecule has 0 fully saturated rings. The minimum Gasteiger partial charge on any atom is -0.480 e. The zero-order valence-electron chi connectivity index (χ0n) is 21.5. The topological polar surface area (TPSA) is 315 Å². The summed E-state index contributed by atoms with van der Waals surface area (Å²) in [6.07, 6.45) is 5.42. The molecule has 0 saturated heterocycles. The highest BCUT2D eigenvalue weighted by molar-refractivity contribution is 5.95. The van der Waals surface area contributed by atoms with Crippen LogP contribution in [0.25, 0.3) is 0 Å². The molecule has 4 unspecified atom stereocenters. The number of aliphatic imine (C=N–C) groups is 1. The number of carboxylic acid groups (broad SMARTS) is 1. The van der Waals surface area contributed by atoms with Crippen LogP contribution in [0.3, 0.4) is 0 Å². The molecule has 0 aliphatic rings. The van der Waals surface area contributed by atoms with Gasteiger partial charge in [0, 0.05) is 43.2 Å². The van der Waals surface area contributed by atoms with Gasteiger partial charge in [0.2, 0.25) is 23.6 Å². The first kappa shape index (κ1) is 31.2. The largest absolute Gasteiger partial charge is 0.480 e. The second kappa shape index (κ2) is 15.4. The van der Waals surface area contributed by atoms with E-state index in [0.29, 0.717) is 11.4 Å². The van der Waals surface area contributed by atoms with Gasteiger partial charge in [-0.05, 0) is 12.8 Å². The lowest BCUT2D eigenvalue weighted by Crippen LogP contribution is -2.58. The van der Waals surface area contributed by atoms with Gasteiger partial charge in [-0.2, -0.15) is 0 Å². The third-order valence-corrected chi connectivity index (χ3v) is 5.54. The zero-order chi connectivity index (χ0) is 29.7. The number of primary amides is 1. The number of hydrogen-bond donors (Lipinski definition) is 10. The van der Waals surface area contributed by atoms with Crippen molar-refractivity contribution in [3.05, 3.63) is 36.4 Å². The van der Waals surface area contributed by atoms with Crippen molar-refractivity contribution in [3.8, 4) is 0 Å². The molecular formula is C22H34N12O6. The van der Waals surface area contributed by atoms with Crippen molar-refractivity contribution in [1.82, 2.24) is 35.9 Å². The van der Waals surface area contributed by atoms with Crippen LogP contribution in [-0.4, -0.2) is 91.3 Å². The van der Waals surface area contributed by atoms with Crippen molar-refractivity contribution in [3.63, 3.8) is 0 Å². The number of nitrogens with two attached hydrogens (primary N) is 4. The van der Waals surface area contributed by atoms with Gasteiger partial charge in [0.25, 0.3) is 0 Å². The number of carboxylic acids is 1. The Morgan fingerprint density at radius 3 is 1.93 bits per heavy atom. The van der Waals surface area contributed by atoms with Crippen LogP contribution in [0, 0.1) is 0 Å². The van der Waals surface area contributed by atoms with E-state index in [9.17, 15) is 29.1 Å². The van der Waals surface area contributed by atoms with Crippen molar-refractivity contribution in [2.45, 2.75) is 56.3 Å². The normalized spacial score (nSPS) is 13.7. The molecule has 4 amide bonds. The fraction of sp³-hybridized carbons (Fsp3) is 0.455. The molecule has 0 aromatic carbocycles. The molecule has 2 rings (SSSR count). The Labute approximate surface area is 228 Å². The van der Waals surface area contributed by atoms with E-state index >= 15 is 0 Å². The third-order valence-electron chi connectivity index (χ3n) is 5.54. The molecule has 2 heterocycles. The maximum Gasteiger partial charge on any atom is 0.326 e. The van der Waals surface area contributed by atoms with E-state index in [1.807, 2.05) is 0 Å². The summed E-state index contributed by atoms with van der Waals surface area (Å²) in [6.45, 7) is 0.113. The number of hydrogen-bond acceptors (Lipinski definition) is 9. The van der Waals surface area contributed by atoms with Crippen LogP contribution in [0.2, 0.25) is 0 Å². The first-order valence-electron chi connectivity index (χ1n) is 12.1. The Bertz CT molecular complexity index is 1160. The number of nitrogens with zero attached hydrogens (tertiary/aromatic N) is 3. The lowest BCUT2D eigenvalue weighted by atomic mass is 10.1. The van der Waals surface area contributed by atoms with Gasteiger partial charge >= 0.3 is 5.97 Å². The molecule has 0 spiro atoms. The first-order valence-corrected chi connectivity index (χ1v) is 12.1. The number of H-pyrrole nitrogens is 2. The number of rotatable bonds is 17. The van der Waals surface area contributed by atoms with Crippen LogP contribution in [0.5, 0.6) is 0 Å². The van der Waals surface area contributed by atoms with Crippen LogP contribution in [0.4, 0.5) is 0 Å². The van der Waals surface area contributed by atoms with Gasteiger partial charge in [0.15, 0.2) is 5.96 Å². The SMILES string of the molecule is NC(=O)CC(NC(=O)C(CCCN=C(N)N)NC(=O)C(Cc1cnc[nH]1)NC(=O)C(N)Cc1cnc[nH]1)C(=O)O. The maximum absolute atomic E-state index is 13.3. The molecule has 40 heavy (non-hydrogen) atoms. The molecule has 18 nitrogen and oxygen atoms in total. The summed E-state index contributed by atoms with van der Waals surface area (Å²) in [5, 5.41) is 16.7. The minimum atomic E-state index is -1.62. The standard InChI is InChI=1S/C22H34N12O6/c23-13(4-11-7-27-9-30-11)18(36)33-15(5-12-8-28-10-31-12)20(38)32-14(2-1-3-29-22(25)26)19(37)34-16(21(39)40)6-17(24)35/h7-10,13-16H,1-6,23H2,(H2,24,35)(H,27,30)(H,28,31)(H,32,38)(H,33,36)(H,34,37)(H,39,40)(H4,25,26,29). The fourth-order valence-electron chi connectivity index (χ4n) is 3.55. The van der Waals surface area contributed by atoms with Gasteiger partial charge in [0.05, 0.1) is 25.1 Å². The van der Waals surface area contributed by atoms with Crippen LogP contribution in [0.15, 0.2) is 30.0 Å². The Kier molecular flexibility index (Phi) is 12.0. The van der Waals surface area contributed by atoms with Crippen LogP contribution in [-0.2, 0) is 36.8 Å². The van der Waals surface area contributed by atoms with Crippen molar-refractivity contribution >= 4 is 35.6 Å². The number of nitrogens with one attached hydrogen (secondary N) is 5. The van der Waals surface area contributed by atoms with Crippen LogP contribution < -0.4 is 38.9 Å². The average molecular weight is 563 g/mol. The van der Waals surface area contributed by atoms with Crippen molar-refractivity contribution in [2.24, 2.45) is 27.9 Å². The third kappa shape index (κ3) is 10.8. The van der Waals surface area contributed by atoms with Crippen LogP contribution >= 0.6 is 0 Å². The van der Waals surface area contributed by atoms with Gasteiger partial charge in [-0.3, -0.25) is 24.2 Å². The van der Waals surface area contributed by atoms with Gasteiger partial charge < -0.3 is 54.0 Å². The van der Waals surface area contributed by atoms with E-state index in [2.05, 4.69) is 40.9 Å². The number of carbonyl (C=O) groups excluding carboxylic acids is 4. The zero-order valence-corrected chi connectivity index (χ0v) is 21.5. The number of amides is 4. The maximum atomic E-state index is 13.3. The molecule has 2 aromatic heterocycles. The molecule has 4 atom stereocenters. The number of aromatic nitrogens is 4. The number of carbonyl (C=O) groups is 5. The van der Waals surface area contributed by atoms with Crippen molar-refractivity contribution in [2.75, 3.05) is 6.54 Å². The Morgan fingerprint density at radius 1 is 0.850 bits per heavy atom. The predicted molar refractivity (Wildman–Crippen MR) is 140 cm³/mol.